The lowest BCUT2D eigenvalue weighted by molar-refractivity contribution is 0.182. The van der Waals surface area contributed by atoms with Crippen LogP contribution in [0.4, 0.5) is 0 Å². The topological polar surface area (TPSA) is 79.3 Å². The highest BCUT2D eigenvalue weighted by atomic mass is 79.9. The Morgan fingerprint density at radius 2 is 2.00 bits per heavy atom. The summed E-state index contributed by atoms with van der Waals surface area (Å²) < 4.78 is 27.2. The first-order valence-electron chi connectivity index (χ1n) is 5.94. The quantitative estimate of drug-likeness (QED) is 0.768. The molecule has 21 heavy (non-hydrogen) atoms. The summed E-state index contributed by atoms with van der Waals surface area (Å²) in [5, 5.41) is 9.84. The number of aliphatic hydroxyl groups is 1. The van der Waals surface area contributed by atoms with Crippen LogP contribution in [0.5, 0.6) is 0 Å². The van der Waals surface area contributed by atoms with Crippen molar-refractivity contribution in [2.24, 2.45) is 0 Å². The van der Waals surface area contributed by atoms with Crippen LogP contribution in [0.3, 0.4) is 0 Å². The van der Waals surface area contributed by atoms with E-state index in [-0.39, 0.29) is 16.6 Å². The number of nitrogens with one attached hydrogen (secondary N) is 1. The Balaban J connectivity index is 2.13. The van der Waals surface area contributed by atoms with Gasteiger partial charge in [-0.05, 0) is 27.6 Å². The summed E-state index contributed by atoms with van der Waals surface area (Å²) in [4.78, 5) is 3.63. The van der Waals surface area contributed by atoms with Gasteiger partial charge >= 0.3 is 0 Å². The predicted molar refractivity (Wildman–Crippen MR) is 83.5 cm³/mol. The van der Waals surface area contributed by atoms with Crippen LogP contribution in [0.15, 0.2) is 52.0 Å². The first kappa shape index (κ1) is 16.4. The van der Waals surface area contributed by atoms with Crippen LogP contribution < -0.4 is 4.72 Å². The number of hydrogen-bond acceptors (Lipinski definition) is 4. The zero-order valence-electron chi connectivity index (χ0n) is 10.7. The highest BCUT2D eigenvalue weighted by Crippen LogP contribution is 2.23. The Morgan fingerprint density at radius 3 is 2.67 bits per heavy atom. The van der Waals surface area contributed by atoms with E-state index in [1.807, 2.05) is 6.07 Å². The Hall–Kier alpha value is -0.990. The minimum absolute atomic E-state index is 0.125. The monoisotopic (exact) mass is 390 g/mol. The van der Waals surface area contributed by atoms with Crippen molar-refractivity contribution in [1.29, 1.82) is 0 Å². The SMILES string of the molecule is O=S(=O)(NCC(O)c1ccccc1)c1cc(Br)cnc1Cl. The second kappa shape index (κ2) is 6.85. The van der Waals surface area contributed by atoms with E-state index in [0.717, 1.165) is 0 Å². The molecule has 0 aliphatic carbocycles. The molecule has 2 N–H and O–H groups in total. The van der Waals surface area contributed by atoms with Crippen LogP contribution >= 0.6 is 27.5 Å². The fraction of sp³-hybridized carbons (Fsp3) is 0.154. The molecule has 0 saturated heterocycles. The first-order chi connectivity index (χ1) is 9.90. The van der Waals surface area contributed by atoms with E-state index in [1.165, 1.54) is 12.3 Å². The van der Waals surface area contributed by atoms with Crippen LogP contribution in [0.25, 0.3) is 0 Å². The molecule has 1 atom stereocenters. The van der Waals surface area contributed by atoms with Gasteiger partial charge in [-0.1, -0.05) is 41.9 Å². The molecular formula is C13H12BrClN2O3S. The summed E-state index contributed by atoms with van der Waals surface area (Å²) in [6.45, 7) is -0.158. The molecule has 1 aromatic heterocycles. The fourth-order valence-corrected chi connectivity index (χ4v) is 3.63. The van der Waals surface area contributed by atoms with Crippen LogP contribution in [-0.4, -0.2) is 25.1 Å². The van der Waals surface area contributed by atoms with Gasteiger partial charge in [0, 0.05) is 17.2 Å². The van der Waals surface area contributed by atoms with Crippen molar-refractivity contribution in [3.8, 4) is 0 Å². The first-order valence-corrected chi connectivity index (χ1v) is 8.59. The molecule has 0 bridgehead atoms. The van der Waals surface area contributed by atoms with Gasteiger partial charge in [0.2, 0.25) is 10.0 Å². The standard InChI is InChI=1S/C13H12BrClN2O3S/c14-10-6-12(13(15)16-7-10)21(19,20)17-8-11(18)9-4-2-1-3-5-9/h1-7,11,17-18H,8H2. The Kier molecular flexibility index (Phi) is 5.34. The Morgan fingerprint density at radius 1 is 1.33 bits per heavy atom. The van der Waals surface area contributed by atoms with E-state index >= 15 is 0 Å². The smallest absolute Gasteiger partial charge is 0.243 e. The molecule has 0 amide bonds. The molecule has 1 unspecified atom stereocenters. The van der Waals surface area contributed by atoms with Crippen molar-refractivity contribution in [3.63, 3.8) is 0 Å². The molecule has 0 spiro atoms. The van der Waals surface area contributed by atoms with Gasteiger partial charge in [0.25, 0.3) is 0 Å². The molecule has 0 aliphatic heterocycles. The van der Waals surface area contributed by atoms with Crippen molar-refractivity contribution >= 4 is 37.6 Å². The summed E-state index contributed by atoms with van der Waals surface area (Å²) in [6, 6.07) is 10.1. The Bertz CT molecular complexity index is 725. The van der Waals surface area contributed by atoms with Crippen molar-refractivity contribution in [2.75, 3.05) is 6.54 Å². The third-order valence-electron chi connectivity index (χ3n) is 2.71. The third-order valence-corrected chi connectivity index (χ3v) is 5.00. The number of sulfonamides is 1. The van der Waals surface area contributed by atoms with Crippen molar-refractivity contribution in [3.05, 3.63) is 57.8 Å². The molecule has 0 fully saturated rings. The van der Waals surface area contributed by atoms with Gasteiger partial charge in [-0.3, -0.25) is 0 Å². The molecule has 0 radical (unpaired) electrons. The zero-order chi connectivity index (χ0) is 15.5. The van der Waals surface area contributed by atoms with Gasteiger partial charge in [0.1, 0.15) is 10.0 Å². The lowest BCUT2D eigenvalue weighted by Crippen LogP contribution is -2.29. The number of aromatic nitrogens is 1. The van der Waals surface area contributed by atoms with Gasteiger partial charge in [0.05, 0.1) is 6.10 Å². The van der Waals surface area contributed by atoms with Crippen molar-refractivity contribution in [1.82, 2.24) is 9.71 Å². The summed E-state index contributed by atoms with van der Waals surface area (Å²) in [6.07, 6.45) is 0.458. The third kappa shape index (κ3) is 4.24. The summed E-state index contributed by atoms with van der Waals surface area (Å²) in [7, 11) is -3.85. The summed E-state index contributed by atoms with van der Waals surface area (Å²) >= 11 is 8.94. The maximum Gasteiger partial charge on any atom is 0.243 e. The highest BCUT2D eigenvalue weighted by molar-refractivity contribution is 9.10. The van der Waals surface area contributed by atoms with Gasteiger partial charge in [-0.15, -0.1) is 0 Å². The normalized spacial score (nSPS) is 13.1. The lowest BCUT2D eigenvalue weighted by atomic mass is 10.1. The van der Waals surface area contributed by atoms with Gasteiger partial charge in [-0.2, -0.15) is 0 Å². The number of rotatable bonds is 5. The van der Waals surface area contributed by atoms with Gasteiger partial charge < -0.3 is 5.11 Å². The summed E-state index contributed by atoms with van der Waals surface area (Å²) in [5.41, 5.74) is 0.624. The fourth-order valence-electron chi connectivity index (χ4n) is 1.65. The molecule has 112 valence electrons. The second-order valence-corrected chi connectivity index (χ2v) is 7.23. The number of benzene rings is 1. The van der Waals surface area contributed by atoms with E-state index in [2.05, 4.69) is 25.6 Å². The van der Waals surface area contributed by atoms with Gasteiger partial charge in [0.15, 0.2) is 0 Å². The summed E-state index contributed by atoms with van der Waals surface area (Å²) in [5.74, 6) is 0. The van der Waals surface area contributed by atoms with Crippen LogP contribution in [0.2, 0.25) is 5.15 Å². The van der Waals surface area contributed by atoms with E-state index in [0.29, 0.717) is 10.0 Å². The average molecular weight is 392 g/mol. The molecule has 1 aromatic carbocycles. The molecule has 1 heterocycles. The van der Waals surface area contributed by atoms with Crippen LogP contribution in [0, 0.1) is 0 Å². The molecule has 2 aromatic rings. The molecule has 0 aliphatic rings. The van der Waals surface area contributed by atoms with Crippen LogP contribution in [0.1, 0.15) is 11.7 Å². The number of halogens is 2. The number of pyridine rings is 1. The number of aliphatic hydroxyl groups excluding tert-OH is 1. The minimum atomic E-state index is -3.85. The minimum Gasteiger partial charge on any atom is -0.387 e. The van der Waals surface area contributed by atoms with E-state index in [1.54, 1.807) is 24.3 Å². The lowest BCUT2D eigenvalue weighted by Gasteiger charge is -2.13. The van der Waals surface area contributed by atoms with Crippen molar-refractivity contribution in [2.45, 2.75) is 11.0 Å². The highest BCUT2D eigenvalue weighted by Gasteiger charge is 2.20. The van der Waals surface area contributed by atoms with E-state index in [4.69, 9.17) is 11.6 Å². The molecule has 2 rings (SSSR count). The molecule has 0 saturated carbocycles. The maximum absolute atomic E-state index is 12.2. The molecule has 8 heteroatoms. The molecular weight excluding hydrogens is 380 g/mol. The average Bonchev–Trinajstić information content (AvgIpc) is 2.48. The van der Waals surface area contributed by atoms with E-state index in [9.17, 15) is 13.5 Å². The maximum atomic E-state index is 12.2. The van der Waals surface area contributed by atoms with E-state index < -0.39 is 16.1 Å². The van der Waals surface area contributed by atoms with Crippen LogP contribution in [-0.2, 0) is 10.0 Å². The largest absolute Gasteiger partial charge is 0.387 e. The predicted octanol–water partition coefficient (Wildman–Crippen LogP) is 2.51. The van der Waals surface area contributed by atoms with Crippen molar-refractivity contribution < 1.29 is 13.5 Å². The number of hydrogen-bond donors (Lipinski definition) is 2. The number of nitrogens with zero attached hydrogens (tertiary/aromatic N) is 1. The molecule has 5 nitrogen and oxygen atoms in total. The van der Waals surface area contributed by atoms with Gasteiger partial charge in [-0.25, -0.2) is 18.1 Å². The second-order valence-electron chi connectivity index (χ2n) is 4.22. The Labute approximate surface area is 136 Å². The zero-order valence-corrected chi connectivity index (χ0v) is 13.9.